The Hall–Kier alpha value is -3.47. The van der Waals surface area contributed by atoms with Gasteiger partial charge in [0.25, 0.3) is 5.91 Å². The summed E-state index contributed by atoms with van der Waals surface area (Å²) in [5.74, 6) is -0.698. The molecule has 1 heterocycles. The van der Waals surface area contributed by atoms with Crippen LogP contribution in [0.4, 0.5) is 9.18 Å². The first-order valence-corrected chi connectivity index (χ1v) is 9.58. The summed E-state index contributed by atoms with van der Waals surface area (Å²) >= 11 is 0. The third kappa shape index (κ3) is 3.40. The number of carbonyl (C=O) groups excluding carboxylic acids is 2. The van der Waals surface area contributed by atoms with Crippen LogP contribution in [0.15, 0.2) is 78.9 Å². The molecule has 0 radical (unpaired) electrons. The molecule has 5 heteroatoms. The number of amides is 3. The summed E-state index contributed by atoms with van der Waals surface area (Å²) in [6, 6.07) is 23.1. The smallest absolute Gasteiger partial charge is 0.319 e. The molecule has 3 amide bonds. The van der Waals surface area contributed by atoms with Crippen LogP contribution in [0.1, 0.15) is 24.5 Å². The first-order valence-electron chi connectivity index (χ1n) is 9.58. The van der Waals surface area contributed by atoms with Crippen molar-refractivity contribution in [1.82, 2.24) is 10.2 Å². The highest BCUT2D eigenvalue weighted by molar-refractivity contribution is 6.07. The molecule has 1 atom stereocenters. The highest BCUT2D eigenvalue weighted by Crippen LogP contribution is 2.33. The number of hydrogen-bond donors (Lipinski definition) is 1. The van der Waals surface area contributed by atoms with Gasteiger partial charge in [-0.15, -0.1) is 0 Å². The predicted octanol–water partition coefficient (Wildman–Crippen LogP) is 4.85. The first kappa shape index (κ1) is 18.9. The van der Waals surface area contributed by atoms with Gasteiger partial charge in [-0.1, -0.05) is 73.7 Å². The molecular weight excluding hydrogens is 367 g/mol. The Morgan fingerprint density at radius 3 is 2.10 bits per heavy atom. The molecule has 0 bridgehead atoms. The molecule has 1 aliphatic heterocycles. The van der Waals surface area contributed by atoms with Gasteiger partial charge >= 0.3 is 6.03 Å². The van der Waals surface area contributed by atoms with Crippen molar-refractivity contribution in [2.75, 3.05) is 0 Å². The van der Waals surface area contributed by atoms with Gasteiger partial charge in [0.05, 0.1) is 6.54 Å². The van der Waals surface area contributed by atoms with Gasteiger partial charge < -0.3 is 5.32 Å². The molecule has 0 saturated carbocycles. The van der Waals surface area contributed by atoms with Crippen molar-refractivity contribution in [3.05, 3.63) is 95.8 Å². The van der Waals surface area contributed by atoms with Crippen molar-refractivity contribution in [2.45, 2.75) is 25.4 Å². The van der Waals surface area contributed by atoms with E-state index in [1.165, 1.54) is 17.0 Å². The summed E-state index contributed by atoms with van der Waals surface area (Å²) in [6.45, 7) is 2.02. The molecule has 4 rings (SSSR count). The topological polar surface area (TPSA) is 49.4 Å². The molecule has 3 aromatic carbocycles. The fourth-order valence-electron chi connectivity index (χ4n) is 3.76. The number of benzene rings is 3. The average Bonchev–Trinajstić information content (AvgIpc) is 3.00. The van der Waals surface area contributed by atoms with Crippen LogP contribution in [0.25, 0.3) is 11.1 Å². The van der Waals surface area contributed by atoms with Crippen LogP contribution in [-0.2, 0) is 16.9 Å². The van der Waals surface area contributed by atoms with Gasteiger partial charge in [0.15, 0.2) is 0 Å². The molecule has 0 unspecified atom stereocenters. The van der Waals surface area contributed by atoms with Gasteiger partial charge in [-0.25, -0.2) is 9.18 Å². The molecule has 146 valence electrons. The molecule has 0 aromatic heterocycles. The minimum absolute atomic E-state index is 0.183. The van der Waals surface area contributed by atoms with Crippen molar-refractivity contribution < 1.29 is 14.0 Å². The van der Waals surface area contributed by atoms with Crippen LogP contribution >= 0.6 is 0 Å². The van der Waals surface area contributed by atoms with Crippen LogP contribution < -0.4 is 5.32 Å². The van der Waals surface area contributed by atoms with Gasteiger partial charge in [0.1, 0.15) is 11.4 Å². The van der Waals surface area contributed by atoms with E-state index in [1.807, 2.05) is 61.5 Å². The lowest BCUT2D eigenvalue weighted by atomic mass is 9.87. The highest BCUT2D eigenvalue weighted by atomic mass is 19.1. The van der Waals surface area contributed by atoms with E-state index in [-0.39, 0.29) is 18.3 Å². The molecule has 1 fully saturated rings. The fraction of sp³-hybridized carbons (Fsp3) is 0.167. The summed E-state index contributed by atoms with van der Waals surface area (Å²) in [4.78, 5) is 27.0. The van der Waals surface area contributed by atoms with Crippen molar-refractivity contribution in [3.63, 3.8) is 0 Å². The molecule has 29 heavy (non-hydrogen) atoms. The van der Waals surface area contributed by atoms with Crippen molar-refractivity contribution in [1.29, 1.82) is 0 Å². The Morgan fingerprint density at radius 1 is 0.862 bits per heavy atom. The Morgan fingerprint density at radius 2 is 1.48 bits per heavy atom. The molecule has 1 aliphatic rings. The molecule has 0 spiro atoms. The molecule has 3 aromatic rings. The van der Waals surface area contributed by atoms with E-state index in [9.17, 15) is 14.0 Å². The summed E-state index contributed by atoms with van der Waals surface area (Å²) in [5.41, 5.74) is 2.46. The van der Waals surface area contributed by atoms with Crippen LogP contribution in [0, 0.1) is 5.82 Å². The standard InChI is InChI=1S/C24H21FN2O2/c1-2-24(20-12-14-21(25)15-13-20)22(28)27(23(29)26-24)16-17-8-10-19(11-9-17)18-6-4-3-5-7-18/h3-15H,2,16H2,1H3,(H,26,29)/t24-/m1/s1. The normalized spacial score (nSPS) is 18.8. The maximum absolute atomic E-state index is 13.3. The van der Waals surface area contributed by atoms with Gasteiger partial charge in [-0.05, 0) is 40.8 Å². The van der Waals surface area contributed by atoms with E-state index in [0.29, 0.717) is 12.0 Å². The molecule has 1 N–H and O–H groups in total. The molecule has 4 nitrogen and oxygen atoms in total. The SMILES string of the molecule is CC[C@]1(c2ccc(F)cc2)NC(=O)N(Cc2ccc(-c3ccccc3)cc2)C1=O. The van der Waals surface area contributed by atoms with Crippen LogP contribution in [0.5, 0.6) is 0 Å². The summed E-state index contributed by atoms with van der Waals surface area (Å²) in [6.07, 6.45) is 0.382. The van der Waals surface area contributed by atoms with E-state index >= 15 is 0 Å². The Bertz CT molecular complexity index is 1030. The number of nitrogens with zero attached hydrogens (tertiary/aromatic N) is 1. The van der Waals surface area contributed by atoms with Gasteiger partial charge in [0.2, 0.25) is 0 Å². The van der Waals surface area contributed by atoms with Gasteiger partial charge in [0, 0.05) is 0 Å². The number of urea groups is 1. The fourth-order valence-corrected chi connectivity index (χ4v) is 3.76. The predicted molar refractivity (Wildman–Crippen MR) is 109 cm³/mol. The Kier molecular flexibility index (Phi) is 4.89. The number of imide groups is 1. The molecule has 0 aliphatic carbocycles. The number of hydrogen-bond acceptors (Lipinski definition) is 2. The molecular formula is C24H21FN2O2. The maximum Gasteiger partial charge on any atom is 0.325 e. The second kappa shape index (κ2) is 7.51. The van der Waals surface area contributed by atoms with Crippen LogP contribution in [0.2, 0.25) is 0 Å². The number of carbonyl (C=O) groups is 2. The zero-order chi connectivity index (χ0) is 20.4. The monoisotopic (exact) mass is 388 g/mol. The lowest BCUT2D eigenvalue weighted by Crippen LogP contribution is -2.43. The summed E-state index contributed by atoms with van der Waals surface area (Å²) in [7, 11) is 0. The highest BCUT2D eigenvalue weighted by Gasteiger charge is 2.51. The van der Waals surface area contributed by atoms with E-state index in [0.717, 1.165) is 16.7 Å². The Balaban J connectivity index is 1.57. The zero-order valence-corrected chi connectivity index (χ0v) is 16.1. The summed E-state index contributed by atoms with van der Waals surface area (Å²) < 4.78 is 13.3. The number of halogens is 1. The van der Waals surface area contributed by atoms with Crippen molar-refractivity contribution in [2.24, 2.45) is 0 Å². The van der Waals surface area contributed by atoms with Crippen LogP contribution in [0.3, 0.4) is 0 Å². The largest absolute Gasteiger partial charge is 0.325 e. The van der Waals surface area contributed by atoms with E-state index < -0.39 is 11.6 Å². The lowest BCUT2D eigenvalue weighted by Gasteiger charge is -2.25. The number of nitrogens with one attached hydrogen (secondary N) is 1. The minimum atomic E-state index is -1.16. The van der Waals surface area contributed by atoms with Gasteiger partial charge in [-0.3, -0.25) is 9.69 Å². The van der Waals surface area contributed by atoms with Crippen LogP contribution in [-0.4, -0.2) is 16.8 Å². The second-order valence-electron chi connectivity index (χ2n) is 7.15. The maximum atomic E-state index is 13.3. The van der Waals surface area contributed by atoms with E-state index in [1.54, 1.807) is 12.1 Å². The number of rotatable bonds is 5. The lowest BCUT2D eigenvalue weighted by molar-refractivity contribution is -0.132. The Labute approximate surface area is 169 Å². The van der Waals surface area contributed by atoms with Crippen molar-refractivity contribution >= 4 is 11.9 Å². The average molecular weight is 388 g/mol. The van der Waals surface area contributed by atoms with Gasteiger partial charge in [-0.2, -0.15) is 0 Å². The first-order chi connectivity index (χ1) is 14.0. The van der Waals surface area contributed by atoms with E-state index in [2.05, 4.69) is 5.32 Å². The zero-order valence-electron chi connectivity index (χ0n) is 16.1. The summed E-state index contributed by atoms with van der Waals surface area (Å²) in [5, 5.41) is 2.83. The molecule has 1 saturated heterocycles. The minimum Gasteiger partial charge on any atom is -0.319 e. The third-order valence-electron chi connectivity index (χ3n) is 5.44. The second-order valence-corrected chi connectivity index (χ2v) is 7.15. The quantitative estimate of drug-likeness (QED) is 0.635. The van der Waals surface area contributed by atoms with E-state index in [4.69, 9.17) is 0 Å². The third-order valence-corrected chi connectivity index (χ3v) is 5.44. The van der Waals surface area contributed by atoms with Crippen molar-refractivity contribution in [3.8, 4) is 11.1 Å².